The smallest absolute Gasteiger partial charge is 0.183 e. The lowest BCUT2D eigenvalue weighted by Gasteiger charge is -2.34. The third-order valence-corrected chi connectivity index (χ3v) is 6.76. The van der Waals surface area contributed by atoms with Crippen LogP contribution in [0.25, 0.3) is 11.4 Å². The van der Waals surface area contributed by atoms with E-state index in [1.165, 1.54) is 5.56 Å². The Hall–Kier alpha value is -1.66. The van der Waals surface area contributed by atoms with Crippen molar-refractivity contribution in [2.24, 2.45) is 5.92 Å². The molecule has 1 aliphatic carbocycles. The fourth-order valence-corrected chi connectivity index (χ4v) is 4.72. The van der Waals surface area contributed by atoms with E-state index in [0.717, 1.165) is 25.7 Å². The van der Waals surface area contributed by atoms with Gasteiger partial charge in [-0.05, 0) is 53.8 Å². The quantitative estimate of drug-likeness (QED) is 0.421. The molecule has 0 saturated heterocycles. The summed E-state index contributed by atoms with van der Waals surface area (Å²) in [4.78, 5) is 0. The van der Waals surface area contributed by atoms with Gasteiger partial charge in [0.1, 0.15) is 0 Å². The summed E-state index contributed by atoms with van der Waals surface area (Å²) in [5.74, 6) is 0.819. The first-order valence-corrected chi connectivity index (χ1v) is 11.3. The molecule has 0 amide bonds. The van der Waals surface area contributed by atoms with E-state index in [0.29, 0.717) is 34.6 Å². The summed E-state index contributed by atoms with van der Waals surface area (Å²) in [7, 11) is 0. The molecule has 0 aliphatic heterocycles. The average molecular weight is 466 g/mol. The Morgan fingerprint density at radius 2 is 1.87 bits per heavy atom. The molecule has 0 radical (unpaired) electrons. The summed E-state index contributed by atoms with van der Waals surface area (Å²) >= 11 is 19.1. The summed E-state index contributed by atoms with van der Waals surface area (Å²) in [6, 6.07) is 15.8. The molecule has 158 valence electrons. The molecule has 8 heteroatoms. The van der Waals surface area contributed by atoms with E-state index in [9.17, 15) is 0 Å². The van der Waals surface area contributed by atoms with Crippen molar-refractivity contribution in [1.82, 2.24) is 20.2 Å². The fraction of sp³-hybridized carbons (Fsp3) is 0.409. The Bertz CT molecular complexity index is 966. The number of hydrogen-bond donors (Lipinski definition) is 0. The van der Waals surface area contributed by atoms with Crippen LogP contribution in [0.15, 0.2) is 48.5 Å². The lowest BCUT2D eigenvalue weighted by Crippen LogP contribution is -2.35. The van der Waals surface area contributed by atoms with Gasteiger partial charge in [-0.2, -0.15) is 0 Å². The lowest BCUT2D eigenvalue weighted by atomic mass is 9.86. The molecular weight excluding hydrogens is 443 g/mol. The van der Waals surface area contributed by atoms with E-state index in [1.54, 1.807) is 10.7 Å². The predicted molar refractivity (Wildman–Crippen MR) is 120 cm³/mol. The van der Waals surface area contributed by atoms with Gasteiger partial charge in [0.15, 0.2) is 5.82 Å². The molecule has 3 unspecified atom stereocenters. The lowest BCUT2D eigenvalue weighted by molar-refractivity contribution is -0.0148. The molecule has 5 nitrogen and oxygen atoms in total. The van der Waals surface area contributed by atoms with Crippen LogP contribution in [0.1, 0.15) is 24.8 Å². The van der Waals surface area contributed by atoms with Crippen LogP contribution >= 0.6 is 34.8 Å². The van der Waals surface area contributed by atoms with E-state index in [1.807, 2.05) is 18.2 Å². The van der Waals surface area contributed by atoms with Gasteiger partial charge in [0, 0.05) is 16.9 Å². The molecule has 0 bridgehead atoms. The van der Waals surface area contributed by atoms with Gasteiger partial charge in [-0.15, -0.1) is 16.7 Å². The first kappa shape index (κ1) is 21.6. The minimum absolute atomic E-state index is 0.121. The van der Waals surface area contributed by atoms with Gasteiger partial charge in [0.05, 0.1) is 29.3 Å². The van der Waals surface area contributed by atoms with Crippen LogP contribution in [0.5, 0.6) is 0 Å². The number of aromatic nitrogens is 4. The Labute approximate surface area is 191 Å². The number of hydrogen-bond acceptors (Lipinski definition) is 4. The van der Waals surface area contributed by atoms with Gasteiger partial charge in [0.25, 0.3) is 0 Å². The maximum Gasteiger partial charge on any atom is 0.183 e. The number of ether oxygens (including phenoxy) is 1. The monoisotopic (exact) mass is 464 g/mol. The molecule has 1 aromatic heterocycles. The minimum atomic E-state index is 0.121. The van der Waals surface area contributed by atoms with Crippen molar-refractivity contribution in [3.05, 3.63) is 64.1 Å². The fourth-order valence-electron chi connectivity index (χ4n) is 3.98. The van der Waals surface area contributed by atoms with E-state index in [4.69, 9.17) is 39.5 Å². The summed E-state index contributed by atoms with van der Waals surface area (Å²) < 4.78 is 8.08. The Morgan fingerprint density at radius 1 is 1.03 bits per heavy atom. The van der Waals surface area contributed by atoms with E-state index in [-0.39, 0.29) is 17.4 Å². The maximum absolute atomic E-state index is 6.49. The number of tetrazole rings is 1. The normalized spacial score (nSPS) is 21.6. The largest absolute Gasteiger partial charge is 0.378 e. The minimum Gasteiger partial charge on any atom is -0.378 e. The van der Waals surface area contributed by atoms with Crippen LogP contribution in [-0.4, -0.2) is 38.3 Å². The first-order valence-electron chi connectivity index (χ1n) is 10.1. The maximum atomic E-state index is 6.49. The van der Waals surface area contributed by atoms with Gasteiger partial charge in [-0.25, -0.2) is 4.68 Å². The number of nitrogens with zero attached hydrogens (tertiary/aromatic N) is 4. The highest BCUT2D eigenvalue weighted by Gasteiger charge is 2.32. The second-order valence-corrected chi connectivity index (χ2v) is 9.00. The summed E-state index contributed by atoms with van der Waals surface area (Å²) in [5, 5.41) is 13.3. The van der Waals surface area contributed by atoms with E-state index >= 15 is 0 Å². The van der Waals surface area contributed by atoms with Crippen molar-refractivity contribution in [3.63, 3.8) is 0 Å². The summed E-state index contributed by atoms with van der Waals surface area (Å²) in [5.41, 5.74) is 1.99. The zero-order valence-corrected chi connectivity index (χ0v) is 18.7. The van der Waals surface area contributed by atoms with Crippen LogP contribution in [-0.2, 0) is 17.7 Å². The van der Waals surface area contributed by atoms with Gasteiger partial charge in [0.2, 0.25) is 0 Å². The highest BCUT2D eigenvalue weighted by atomic mass is 35.5. The molecule has 1 fully saturated rings. The zero-order chi connectivity index (χ0) is 20.9. The van der Waals surface area contributed by atoms with Gasteiger partial charge in [-0.1, -0.05) is 59.6 Å². The van der Waals surface area contributed by atoms with Crippen molar-refractivity contribution >= 4 is 34.8 Å². The molecule has 3 aromatic rings. The highest BCUT2D eigenvalue weighted by Crippen LogP contribution is 2.35. The molecule has 1 heterocycles. The third-order valence-electron chi connectivity index (χ3n) is 5.55. The summed E-state index contributed by atoms with van der Waals surface area (Å²) in [6.45, 7) is 1.30. The molecule has 1 saturated carbocycles. The van der Waals surface area contributed by atoms with Crippen LogP contribution in [0, 0.1) is 5.92 Å². The molecule has 30 heavy (non-hydrogen) atoms. The SMILES string of the molecule is Clc1cccc(-c2nnnn2CC2CC(Cl)CCC2OCCc2ccccc2)c1Cl. The van der Waals surface area contributed by atoms with Gasteiger partial charge < -0.3 is 4.74 Å². The molecule has 0 spiro atoms. The van der Waals surface area contributed by atoms with Crippen molar-refractivity contribution in [2.45, 2.75) is 43.7 Å². The molecule has 2 aromatic carbocycles. The van der Waals surface area contributed by atoms with Crippen LogP contribution in [0.2, 0.25) is 10.0 Å². The topological polar surface area (TPSA) is 52.8 Å². The number of rotatable bonds is 7. The molecule has 4 rings (SSSR count). The number of halogens is 3. The van der Waals surface area contributed by atoms with Crippen LogP contribution < -0.4 is 0 Å². The Kier molecular flexibility index (Phi) is 7.26. The molecule has 3 atom stereocenters. The summed E-state index contributed by atoms with van der Waals surface area (Å²) in [6.07, 6.45) is 3.76. The van der Waals surface area contributed by atoms with Crippen molar-refractivity contribution in [1.29, 1.82) is 0 Å². The molecule has 1 aliphatic rings. The van der Waals surface area contributed by atoms with Crippen molar-refractivity contribution < 1.29 is 4.74 Å². The predicted octanol–water partition coefficient (Wildman–Crippen LogP) is 5.68. The van der Waals surface area contributed by atoms with Crippen molar-refractivity contribution in [3.8, 4) is 11.4 Å². The van der Waals surface area contributed by atoms with Gasteiger partial charge in [-0.3, -0.25) is 0 Å². The van der Waals surface area contributed by atoms with Crippen LogP contribution in [0.3, 0.4) is 0 Å². The van der Waals surface area contributed by atoms with Crippen molar-refractivity contribution in [2.75, 3.05) is 6.61 Å². The zero-order valence-electron chi connectivity index (χ0n) is 16.4. The van der Waals surface area contributed by atoms with E-state index < -0.39 is 0 Å². The highest BCUT2D eigenvalue weighted by molar-refractivity contribution is 6.43. The second kappa shape index (κ2) is 10.1. The first-order chi connectivity index (χ1) is 14.6. The van der Waals surface area contributed by atoms with Crippen LogP contribution in [0.4, 0.5) is 0 Å². The number of benzene rings is 2. The molecule has 0 N–H and O–H groups in total. The number of alkyl halides is 1. The standard InChI is InChI=1S/C22H23Cl3N4O/c23-17-9-10-20(30-12-11-15-5-2-1-3-6-15)16(13-17)14-29-22(26-27-28-29)18-7-4-8-19(24)21(18)25/h1-8,16-17,20H,9-14H2. The van der Waals surface area contributed by atoms with E-state index in [2.05, 4.69) is 39.8 Å². The second-order valence-electron chi connectivity index (χ2n) is 7.60. The Morgan fingerprint density at radius 3 is 2.70 bits per heavy atom. The third kappa shape index (κ3) is 5.14. The average Bonchev–Trinajstić information content (AvgIpc) is 3.20. The molecular formula is C22H23Cl3N4O. The van der Waals surface area contributed by atoms with Gasteiger partial charge >= 0.3 is 0 Å². The Balaban J connectivity index is 1.46.